The lowest BCUT2D eigenvalue weighted by atomic mass is 10.2. The molecule has 0 bridgehead atoms. The van der Waals surface area contributed by atoms with Crippen LogP contribution in [0.5, 0.6) is 0 Å². The van der Waals surface area contributed by atoms with E-state index in [0.29, 0.717) is 33.5 Å². The zero-order chi connectivity index (χ0) is 19.3. The van der Waals surface area contributed by atoms with Crippen LogP contribution in [-0.2, 0) is 11.3 Å². The molecule has 1 aromatic heterocycles. The summed E-state index contributed by atoms with van der Waals surface area (Å²) in [5.74, 6) is 1.07. The molecule has 5 nitrogen and oxygen atoms in total. The van der Waals surface area contributed by atoms with Gasteiger partial charge in [-0.05, 0) is 37.5 Å². The molecule has 0 aliphatic rings. The van der Waals surface area contributed by atoms with Gasteiger partial charge in [0.05, 0.1) is 10.3 Å². The Hall–Kier alpha value is -1.24. The molecule has 0 spiro atoms. The van der Waals surface area contributed by atoms with Crippen molar-refractivity contribution in [1.82, 2.24) is 20.1 Å². The van der Waals surface area contributed by atoms with Crippen molar-refractivity contribution in [2.75, 3.05) is 6.54 Å². The fourth-order valence-electron chi connectivity index (χ4n) is 2.38. The van der Waals surface area contributed by atoms with Crippen molar-refractivity contribution in [1.29, 1.82) is 0 Å². The molecular weight excluding hydrogens is 391 g/mol. The standard InChI is InChI=1S/C18H24Cl2N4OS/c1-5-8-21-17(25)12(4)26-18-23-22-16(24(18)10-11(2)3)14-7-6-13(19)9-15(14)20/h6-7,9,11-12H,5,8,10H2,1-4H3,(H,21,25)/t12-/m1/s1. The minimum atomic E-state index is -0.259. The SMILES string of the molecule is CCCNC(=O)[C@@H](C)Sc1nnc(-c2ccc(Cl)cc2Cl)n1CC(C)C. The van der Waals surface area contributed by atoms with E-state index in [-0.39, 0.29) is 11.2 Å². The molecule has 26 heavy (non-hydrogen) atoms. The van der Waals surface area contributed by atoms with Crippen LogP contribution in [-0.4, -0.2) is 32.5 Å². The van der Waals surface area contributed by atoms with Gasteiger partial charge in [0.25, 0.3) is 0 Å². The van der Waals surface area contributed by atoms with E-state index in [1.54, 1.807) is 12.1 Å². The Morgan fingerprint density at radius 1 is 1.27 bits per heavy atom. The van der Waals surface area contributed by atoms with E-state index in [1.165, 1.54) is 11.8 Å². The summed E-state index contributed by atoms with van der Waals surface area (Å²) < 4.78 is 2.02. The van der Waals surface area contributed by atoms with Gasteiger partial charge in [-0.25, -0.2) is 0 Å². The Labute approximate surface area is 168 Å². The maximum Gasteiger partial charge on any atom is 0.233 e. The summed E-state index contributed by atoms with van der Waals surface area (Å²) in [6.45, 7) is 9.55. The first-order valence-electron chi connectivity index (χ1n) is 8.66. The molecule has 0 aliphatic heterocycles. The Kier molecular flexibility index (Phi) is 7.80. The zero-order valence-electron chi connectivity index (χ0n) is 15.4. The smallest absolute Gasteiger partial charge is 0.233 e. The molecule has 142 valence electrons. The van der Waals surface area contributed by atoms with Gasteiger partial charge in [-0.15, -0.1) is 10.2 Å². The summed E-state index contributed by atoms with van der Waals surface area (Å²) >= 11 is 13.8. The van der Waals surface area contributed by atoms with Crippen LogP contribution in [0.1, 0.15) is 34.1 Å². The molecular formula is C18H24Cl2N4OS. The number of amides is 1. The van der Waals surface area contributed by atoms with Crippen LogP contribution in [0.3, 0.4) is 0 Å². The average molecular weight is 415 g/mol. The van der Waals surface area contributed by atoms with Crippen LogP contribution in [0.15, 0.2) is 23.4 Å². The molecule has 0 saturated carbocycles. The monoisotopic (exact) mass is 414 g/mol. The molecule has 1 N–H and O–H groups in total. The van der Waals surface area contributed by atoms with Gasteiger partial charge in [0.2, 0.25) is 5.91 Å². The lowest BCUT2D eigenvalue weighted by Gasteiger charge is -2.15. The summed E-state index contributed by atoms with van der Waals surface area (Å²) in [6, 6.07) is 5.32. The first kappa shape index (κ1) is 21.1. The number of nitrogens with zero attached hydrogens (tertiary/aromatic N) is 3. The molecule has 0 saturated heterocycles. The molecule has 0 unspecified atom stereocenters. The summed E-state index contributed by atoms with van der Waals surface area (Å²) in [7, 11) is 0. The predicted molar refractivity (Wildman–Crippen MR) is 109 cm³/mol. The maximum absolute atomic E-state index is 12.2. The van der Waals surface area contributed by atoms with Gasteiger partial charge >= 0.3 is 0 Å². The van der Waals surface area contributed by atoms with Gasteiger partial charge < -0.3 is 9.88 Å². The Balaban J connectivity index is 2.33. The summed E-state index contributed by atoms with van der Waals surface area (Å²) in [5.41, 5.74) is 0.777. The summed E-state index contributed by atoms with van der Waals surface area (Å²) in [6.07, 6.45) is 0.909. The number of thioether (sulfide) groups is 1. The van der Waals surface area contributed by atoms with E-state index < -0.39 is 0 Å². The molecule has 1 atom stereocenters. The van der Waals surface area contributed by atoms with Gasteiger partial charge in [-0.3, -0.25) is 4.79 Å². The largest absolute Gasteiger partial charge is 0.355 e. The Morgan fingerprint density at radius 2 is 2.00 bits per heavy atom. The molecule has 2 aromatic rings. The van der Waals surface area contributed by atoms with Crippen LogP contribution in [0.25, 0.3) is 11.4 Å². The van der Waals surface area contributed by atoms with Crippen molar-refractivity contribution < 1.29 is 4.79 Å². The molecule has 2 rings (SSSR count). The number of hydrogen-bond donors (Lipinski definition) is 1. The topological polar surface area (TPSA) is 59.8 Å². The maximum atomic E-state index is 12.2. The van der Waals surface area contributed by atoms with Gasteiger partial charge in [0.1, 0.15) is 0 Å². The van der Waals surface area contributed by atoms with Crippen LogP contribution in [0.2, 0.25) is 10.0 Å². The van der Waals surface area contributed by atoms with E-state index in [2.05, 4.69) is 29.4 Å². The highest BCUT2D eigenvalue weighted by molar-refractivity contribution is 8.00. The number of halogens is 2. The van der Waals surface area contributed by atoms with Gasteiger partial charge in [-0.1, -0.05) is 55.7 Å². The predicted octanol–water partition coefficient (Wildman–Crippen LogP) is 4.91. The van der Waals surface area contributed by atoms with Crippen molar-refractivity contribution in [2.45, 2.75) is 51.1 Å². The highest BCUT2D eigenvalue weighted by Crippen LogP contribution is 2.33. The Morgan fingerprint density at radius 3 is 2.62 bits per heavy atom. The Bertz CT molecular complexity index is 764. The quantitative estimate of drug-likeness (QED) is 0.622. The third-order valence-corrected chi connectivity index (χ3v) is 5.27. The van der Waals surface area contributed by atoms with E-state index in [0.717, 1.165) is 18.5 Å². The van der Waals surface area contributed by atoms with Gasteiger partial charge in [0, 0.05) is 23.7 Å². The van der Waals surface area contributed by atoms with E-state index in [1.807, 2.05) is 24.5 Å². The van der Waals surface area contributed by atoms with Gasteiger partial charge in [0.15, 0.2) is 11.0 Å². The van der Waals surface area contributed by atoms with Crippen LogP contribution < -0.4 is 5.32 Å². The second kappa shape index (κ2) is 9.62. The zero-order valence-corrected chi connectivity index (χ0v) is 17.8. The van der Waals surface area contributed by atoms with E-state index >= 15 is 0 Å². The lowest BCUT2D eigenvalue weighted by molar-refractivity contribution is -0.120. The average Bonchev–Trinajstić information content (AvgIpc) is 2.94. The van der Waals surface area contributed by atoms with E-state index in [4.69, 9.17) is 23.2 Å². The van der Waals surface area contributed by atoms with E-state index in [9.17, 15) is 4.79 Å². The first-order chi connectivity index (χ1) is 12.3. The number of rotatable bonds is 8. The van der Waals surface area contributed by atoms with Crippen molar-refractivity contribution in [3.8, 4) is 11.4 Å². The second-order valence-corrected chi connectivity index (χ2v) is 8.64. The van der Waals surface area contributed by atoms with Crippen LogP contribution in [0, 0.1) is 5.92 Å². The lowest BCUT2D eigenvalue weighted by Crippen LogP contribution is -2.31. The number of carbonyl (C=O) groups excluding carboxylic acids is 1. The van der Waals surface area contributed by atoms with Crippen molar-refractivity contribution >= 4 is 40.9 Å². The minimum Gasteiger partial charge on any atom is -0.355 e. The van der Waals surface area contributed by atoms with Crippen LogP contribution in [0.4, 0.5) is 0 Å². The highest BCUT2D eigenvalue weighted by atomic mass is 35.5. The van der Waals surface area contributed by atoms with Crippen molar-refractivity contribution in [3.05, 3.63) is 28.2 Å². The first-order valence-corrected chi connectivity index (χ1v) is 10.3. The third-order valence-electron chi connectivity index (χ3n) is 3.64. The minimum absolute atomic E-state index is 0.00187. The molecule has 0 fully saturated rings. The number of carbonyl (C=O) groups is 1. The molecule has 0 aliphatic carbocycles. The number of benzene rings is 1. The normalized spacial score (nSPS) is 12.4. The fraction of sp³-hybridized carbons (Fsp3) is 0.500. The third kappa shape index (κ3) is 5.38. The summed E-state index contributed by atoms with van der Waals surface area (Å²) in [4.78, 5) is 12.2. The highest BCUT2D eigenvalue weighted by Gasteiger charge is 2.22. The number of nitrogens with one attached hydrogen (secondary N) is 1. The molecule has 8 heteroatoms. The summed E-state index contributed by atoms with van der Waals surface area (Å²) in [5, 5.41) is 13.1. The second-order valence-electron chi connectivity index (χ2n) is 6.49. The fourth-order valence-corrected chi connectivity index (χ4v) is 3.76. The number of hydrogen-bond acceptors (Lipinski definition) is 4. The van der Waals surface area contributed by atoms with Crippen molar-refractivity contribution in [2.24, 2.45) is 5.92 Å². The molecule has 1 heterocycles. The van der Waals surface area contributed by atoms with Gasteiger partial charge in [-0.2, -0.15) is 0 Å². The van der Waals surface area contributed by atoms with Crippen molar-refractivity contribution in [3.63, 3.8) is 0 Å². The molecule has 0 radical (unpaired) electrons. The number of aromatic nitrogens is 3. The molecule has 1 amide bonds. The van der Waals surface area contributed by atoms with Crippen LogP contribution >= 0.6 is 35.0 Å². The molecule has 1 aromatic carbocycles.